The molecule has 0 aromatic heterocycles. The maximum absolute atomic E-state index is 12.0. The highest BCUT2D eigenvalue weighted by atomic mass is 32.2. The number of carbonyl (C=O) groups is 2. The minimum Gasteiger partial charge on any atom is -0.358 e. The summed E-state index contributed by atoms with van der Waals surface area (Å²) in [6.07, 6.45) is 3.44. The zero-order chi connectivity index (χ0) is 13.3. The summed E-state index contributed by atoms with van der Waals surface area (Å²) in [5.74, 6) is 0.556. The molecule has 0 spiro atoms. The van der Waals surface area contributed by atoms with Crippen LogP contribution in [0.2, 0.25) is 0 Å². The summed E-state index contributed by atoms with van der Waals surface area (Å²) in [5, 5.41) is 2.51. The summed E-state index contributed by atoms with van der Waals surface area (Å²) in [7, 11) is 1.56. The van der Waals surface area contributed by atoms with Crippen LogP contribution in [0.25, 0.3) is 0 Å². The van der Waals surface area contributed by atoms with Gasteiger partial charge in [0.25, 0.3) is 0 Å². The fourth-order valence-corrected chi connectivity index (χ4v) is 1.88. The molecule has 17 heavy (non-hydrogen) atoms. The van der Waals surface area contributed by atoms with Gasteiger partial charge in [-0.25, -0.2) is 0 Å². The van der Waals surface area contributed by atoms with E-state index in [4.69, 9.17) is 5.73 Å². The van der Waals surface area contributed by atoms with E-state index in [1.165, 1.54) is 4.90 Å². The maximum atomic E-state index is 12.0. The first-order chi connectivity index (χ1) is 8.06. The molecule has 1 atom stereocenters. The van der Waals surface area contributed by atoms with Gasteiger partial charge in [0.2, 0.25) is 11.8 Å². The number of hydrogen-bond acceptors (Lipinski definition) is 4. The summed E-state index contributed by atoms with van der Waals surface area (Å²) in [4.78, 5) is 24.8. The molecule has 0 unspecified atom stereocenters. The van der Waals surface area contributed by atoms with Crippen molar-refractivity contribution in [1.29, 1.82) is 0 Å². The second-order valence-electron chi connectivity index (χ2n) is 3.82. The molecular formula is C11H23N3O2S. The van der Waals surface area contributed by atoms with Gasteiger partial charge in [-0.1, -0.05) is 6.92 Å². The van der Waals surface area contributed by atoms with E-state index in [0.717, 1.165) is 12.2 Å². The molecule has 0 fully saturated rings. The second kappa shape index (κ2) is 9.30. The molecule has 0 saturated carbocycles. The lowest BCUT2D eigenvalue weighted by atomic mass is 10.2. The summed E-state index contributed by atoms with van der Waals surface area (Å²) in [5.41, 5.74) is 5.82. The van der Waals surface area contributed by atoms with Gasteiger partial charge >= 0.3 is 0 Å². The number of hydrogen-bond donors (Lipinski definition) is 2. The van der Waals surface area contributed by atoms with Crippen LogP contribution in [0.1, 0.15) is 19.8 Å². The molecule has 2 amide bonds. The van der Waals surface area contributed by atoms with E-state index in [1.54, 1.807) is 18.8 Å². The molecule has 0 rings (SSSR count). The number of nitrogens with zero attached hydrogens (tertiary/aromatic N) is 1. The monoisotopic (exact) mass is 261 g/mol. The van der Waals surface area contributed by atoms with Crippen molar-refractivity contribution in [2.75, 3.05) is 32.1 Å². The summed E-state index contributed by atoms with van der Waals surface area (Å²) < 4.78 is 0. The highest BCUT2D eigenvalue weighted by Crippen LogP contribution is 2.03. The minimum atomic E-state index is -0.501. The molecule has 0 saturated heterocycles. The van der Waals surface area contributed by atoms with Gasteiger partial charge in [-0.05, 0) is 24.9 Å². The fraction of sp³-hybridized carbons (Fsp3) is 0.818. The zero-order valence-corrected chi connectivity index (χ0v) is 11.7. The third-order valence-electron chi connectivity index (χ3n) is 2.37. The largest absolute Gasteiger partial charge is 0.358 e. The Morgan fingerprint density at radius 3 is 2.59 bits per heavy atom. The van der Waals surface area contributed by atoms with Crippen molar-refractivity contribution < 1.29 is 9.59 Å². The molecule has 0 aromatic rings. The van der Waals surface area contributed by atoms with Gasteiger partial charge in [0.05, 0.1) is 12.6 Å². The van der Waals surface area contributed by atoms with E-state index in [1.807, 2.05) is 13.2 Å². The number of rotatable bonds is 8. The molecule has 0 aliphatic rings. The van der Waals surface area contributed by atoms with Crippen LogP contribution in [0, 0.1) is 0 Å². The van der Waals surface area contributed by atoms with Crippen LogP contribution in [0.5, 0.6) is 0 Å². The Balaban J connectivity index is 4.36. The van der Waals surface area contributed by atoms with E-state index in [0.29, 0.717) is 13.0 Å². The summed E-state index contributed by atoms with van der Waals surface area (Å²) in [6.45, 7) is 2.63. The van der Waals surface area contributed by atoms with Crippen molar-refractivity contribution in [3.05, 3.63) is 0 Å². The van der Waals surface area contributed by atoms with E-state index < -0.39 is 6.04 Å². The molecule has 0 bridgehead atoms. The van der Waals surface area contributed by atoms with Gasteiger partial charge in [0.15, 0.2) is 0 Å². The van der Waals surface area contributed by atoms with Crippen LogP contribution in [-0.2, 0) is 9.59 Å². The third kappa shape index (κ3) is 6.53. The Labute approximate surface area is 107 Å². The standard InChI is InChI=1S/C11H23N3O2S/c1-4-6-14(8-10(15)13-2)11(16)9(12)5-7-17-3/h9H,4-8,12H2,1-3H3,(H,13,15)/t9-/m1/s1. The zero-order valence-electron chi connectivity index (χ0n) is 10.9. The average molecular weight is 261 g/mol. The van der Waals surface area contributed by atoms with E-state index >= 15 is 0 Å². The van der Waals surface area contributed by atoms with Gasteiger partial charge in [0.1, 0.15) is 0 Å². The SMILES string of the molecule is CCCN(CC(=O)NC)C(=O)[C@H](N)CCSC. The smallest absolute Gasteiger partial charge is 0.239 e. The van der Waals surface area contributed by atoms with E-state index in [-0.39, 0.29) is 18.4 Å². The number of nitrogens with one attached hydrogen (secondary N) is 1. The first-order valence-electron chi connectivity index (χ1n) is 5.80. The Hall–Kier alpha value is -0.750. The van der Waals surface area contributed by atoms with Crippen molar-refractivity contribution in [3.63, 3.8) is 0 Å². The quantitative estimate of drug-likeness (QED) is 0.647. The van der Waals surface area contributed by atoms with Gasteiger partial charge in [-0.2, -0.15) is 11.8 Å². The van der Waals surface area contributed by atoms with E-state index in [2.05, 4.69) is 5.32 Å². The van der Waals surface area contributed by atoms with Gasteiger partial charge in [0, 0.05) is 13.6 Å². The summed E-state index contributed by atoms with van der Waals surface area (Å²) in [6, 6.07) is -0.501. The first-order valence-corrected chi connectivity index (χ1v) is 7.20. The Bertz CT molecular complexity index is 249. The molecule has 0 aromatic carbocycles. The molecule has 0 heterocycles. The number of nitrogens with two attached hydrogens (primary N) is 1. The van der Waals surface area contributed by atoms with Gasteiger partial charge < -0.3 is 16.0 Å². The van der Waals surface area contributed by atoms with Crippen LogP contribution in [0.4, 0.5) is 0 Å². The predicted octanol–water partition coefficient (Wildman–Crippen LogP) is 0.0514. The second-order valence-corrected chi connectivity index (χ2v) is 4.81. The van der Waals surface area contributed by atoms with Crippen molar-refractivity contribution in [3.8, 4) is 0 Å². The van der Waals surface area contributed by atoms with Crippen LogP contribution >= 0.6 is 11.8 Å². The number of thioether (sulfide) groups is 1. The van der Waals surface area contributed by atoms with Crippen LogP contribution in [0.15, 0.2) is 0 Å². The van der Waals surface area contributed by atoms with E-state index in [9.17, 15) is 9.59 Å². The maximum Gasteiger partial charge on any atom is 0.239 e. The Morgan fingerprint density at radius 2 is 2.12 bits per heavy atom. The van der Waals surface area contributed by atoms with Crippen molar-refractivity contribution >= 4 is 23.6 Å². The van der Waals surface area contributed by atoms with Crippen molar-refractivity contribution in [2.45, 2.75) is 25.8 Å². The van der Waals surface area contributed by atoms with Crippen LogP contribution in [-0.4, -0.2) is 54.9 Å². The average Bonchev–Trinajstić information content (AvgIpc) is 2.34. The van der Waals surface area contributed by atoms with Crippen LogP contribution in [0.3, 0.4) is 0 Å². The molecule has 100 valence electrons. The lowest BCUT2D eigenvalue weighted by molar-refractivity contribution is -0.137. The molecule has 0 aliphatic heterocycles. The lowest BCUT2D eigenvalue weighted by Gasteiger charge is -2.24. The van der Waals surface area contributed by atoms with Gasteiger partial charge in [-0.3, -0.25) is 9.59 Å². The van der Waals surface area contributed by atoms with Crippen molar-refractivity contribution in [1.82, 2.24) is 10.2 Å². The molecular weight excluding hydrogens is 238 g/mol. The molecule has 5 nitrogen and oxygen atoms in total. The normalized spacial score (nSPS) is 12.0. The van der Waals surface area contributed by atoms with Gasteiger partial charge in [-0.15, -0.1) is 0 Å². The number of amides is 2. The highest BCUT2D eigenvalue weighted by Gasteiger charge is 2.21. The first kappa shape index (κ1) is 16.2. The molecule has 0 aliphatic carbocycles. The minimum absolute atomic E-state index is 0.0934. The third-order valence-corrected chi connectivity index (χ3v) is 3.01. The summed E-state index contributed by atoms with van der Waals surface area (Å²) >= 11 is 1.66. The topological polar surface area (TPSA) is 75.4 Å². The predicted molar refractivity (Wildman–Crippen MR) is 71.9 cm³/mol. The number of likely N-dealkylation sites (N-methyl/N-ethyl adjacent to an activating group) is 1. The Morgan fingerprint density at radius 1 is 1.47 bits per heavy atom. The molecule has 6 heteroatoms. The number of carbonyl (C=O) groups excluding carboxylic acids is 2. The van der Waals surface area contributed by atoms with Crippen molar-refractivity contribution in [2.24, 2.45) is 5.73 Å². The molecule has 3 N–H and O–H groups in total. The highest BCUT2D eigenvalue weighted by molar-refractivity contribution is 7.98. The lowest BCUT2D eigenvalue weighted by Crippen LogP contribution is -2.48. The van der Waals surface area contributed by atoms with Crippen LogP contribution < -0.4 is 11.1 Å². The molecule has 0 radical (unpaired) electrons. The Kier molecular flexibility index (Phi) is 8.89. The fourth-order valence-electron chi connectivity index (χ4n) is 1.39.